The second-order valence-electron chi connectivity index (χ2n) is 7.16. The van der Waals surface area contributed by atoms with Crippen molar-refractivity contribution in [2.75, 3.05) is 18.4 Å². The van der Waals surface area contributed by atoms with Crippen molar-refractivity contribution >= 4 is 23.0 Å². The Morgan fingerprint density at radius 1 is 1.22 bits per heavy atom. The van der Waals surface area contributed by atoms with Crippen molar-refractivity contribution in [3.8, 4) is 0 Å². The lowest BCUT2D eigenvalue weighted by Crippen LogP contribution is -2.52. The molecule has 128 valence electrons. The Kier molecular flexibility index (Phi) is 6.42. The summed E-state index contributed by atoms with van der Waals surface area (Å²) in [5, 5.41) is 4.29. The lowest BCUT2D eigenvalue weighted by molar-refractivity contribution is 0.117. The Morgan fingerprint density at radius 3 is 2.39 bits per heavy atom. The van der Waals surface area contributed by atoms with Gasteiger partial charge in [-0.1, -0.05) is 12.1 Å². The fourth-order valence-electron chi connectivity index (χ4n) is 3.41. The molecular weight excluding hydrogens is 302 g/mol. The maximum absolute atomic E-state index is 5.74. The summed E-state index contributed by atoms with van der Waals surface area (Å²) in [6.45, 7) is 13.5. The van der Waals surface area contributed by atoms with Gasteiger partial charge >= 0.3 is 0 Å². The monoisotopic (exact) mass is 333 g/mol. The minimum atomic E-state index is 0.412. The van der Waals surface area contributed by atoms with Crippen molar-refractivity contribution in [2.24, 2.45) is 0 Å². The molecule has 1 heterocycles. The van der Waals surface area contributed by atoms with Crippen molar-refractivity contribution in [3.05, 3.63) is 29.8 Å². The van der Waals surface area contributed by atoms with Gasteiger partial charge in [0.15, 0.2) is 5.11 Å². The second-order valence-corrected chi connectivity index (χ2v) is 7.55. The van der Waals surface area contributed by atoms with Crippen LogP contribution >= 0.6 is 12.2 Å². The Morgan fingerprint density at radius 2 is 1.87 bits per heavy atom. The van der Waals surface area contributed by atoms with Gasteiger partial charge in [0.1, 0.15) is 0 Å². The first kappa shape index (κ1) is 18.2. The molecule has 1 saturated heterocycles. The molecule has 0 atom stereocenters. The van der Waals surface area contributed by atoms with Crippen molar-refractivity contribution in [2.45, 2.75) is 65.6 Å². The average Bonchev–Trinajstić information content (AvgIpc) is 2.47. The van der Waals surface area contributed by atoms with E-state index in [2.05, 4.69) is 74.0 Å². The van der Waals surface area contributed by atoms with Crippen LogP contribution in [0.3, 0.4) is 0 Å². The zero-order valence-corrected chi connectivity index (χ0v) is 16.0. The molecule has 0 aliphatic carbocycles. The number of hydrogen-bond acceptors (Lipinski definition) is 2. The fraction of sp³-hybridized carbons (Fsp3) is 0.632. The quantitative estimate of drug-likeness (QED) is 0.829. The van der Waals surface area contributed by atoms with E-state index >= 15 is 0 Å². The van der Waals surface area contributed by atoms with E-state index in [1.165, 1.54) is 31.5 Å². The van der Waals surface area contributed by atoms with Crippen LogP contribution in [0.5, 0.6) is 0 Å². The summed E-state index contributed by atoms with van der Waals surface area (Å²) in [5.74, 6) is 0. The molecule has 4 heteroatoms. The number of anilines is 1. The molecule has 0 bridgehead atoms. The standard InChI is InChI=1S/C19H31N3S/c1-14(2)21-11-9-18(10-12-21)22(15(3)4)19(23)20-17-8-6-7-16(5)13-17/h6-8,13-15,18H,9-12H2,1-5H3,(H,20,23). The number of nitrogens with zero attached hydrogens (tertiary/aromatic N) is 2. The lowest BCUT2D eigenvalue weighted by atomic mass is 10.0. The van der Waals surface area contributed by atoms with Crippen LogP contribution in [0.15, 0.2) is 24.3 Å². The van der Waals surface area contributed by atoms with Crippen molar-refractivity contribution in [1.29, 1.82) is 0 Å². The molecule has 1 aromatic rings. The first-order valence-corrected chi connectivity index (χ1v) is 9.19. The van der Waals surface area contributed by atoms with Gasteiger partial charge in [-0.3, -0.25) is 0 Å². The number of rotatable bonds is 4. The SMILES string of the molecule is Cc1cccc(NC(=S)N(C(C)C)C2CCN(C(C)C)CC2)c1. The molecule has 0 saturated carbocycles. The zero-order valence-electron chi connectivity index (χ0n) is 15.2. The van der Waals surface area contributed by atoms with E-state index in [9.17, 15) is 0 Å². The van der Waals surface area contributed by atoms with Gasteiger partial charge in [-0.25, -0.2) is 0 Å². The predicted molar refractivity (Wildman–Crippen MR) is 104 cm³/mol. The summed E-state index contributed by atoms with van der Waals surface area (Å²) in [5.41, 5.74) is 2.33. The van der Waals surface area contributed by atoms with Crippen molar-refractivity contribution in [3.63, 3.8) is 0 Å². The van der Waals surface area contributed by atoms with E-state index in [-0.39, 0.29) is 0 Å². The third-order valence-electron chi connectivity index (χ3n) is 4.68. The number of piperidine rings is 1. The van der Waals surface area contributed by atoms with E-state index in [1.54, 1.807) is 0 Å². The molecule has 1 aromatic carbocycles. The number of hydrogen-bond donors (Lipinski definition) is 1. The van der Waals surface area contributed by atoms with Gasteiger partial charge in [0, 0.05) is 36.9 Å². The van der Waals surface area contributed by atoms with Gasteiger partial charge in [0.05, 0.1) is 0 Å². The normalized spacial score (nSPS) is 16.8. The smallest absolute Gasteiger partial charge is 0.173 e. The Bertz CT molecular complexity index is 519. The second kappa shape index (κ2) is 8.11. The summed E-state index contributed by atoms with van der Waals surface area (Å²) in [4.78, 5) is 4.96. The maximum atomic E-state index is 5.74. The van der Waals surface area contributed by atoms with Crippen molar-refractivity contribution in [1.82, 2.24) is 9.80 Å². The molecule has 0 amide bonds. The third-order valence-corrected chi connectivity index (χ3v) is 5.00. The summed E-state index contributed by atoms with van der Waals surface area (Å²) < 4.78 is 0. The fourth-order valence-corrected chi connectivity index (χ4v) is 3.89. The highest BCUT2D eigenvalue weighted by molar-refractivity contribution is 7.80. The molecule has 1 aliphatic heterocycles. The van der Waals surface area contributed by atoms with Gasteiger partial charge in [0.2, 0.25) is 0 Å². The van der Waals surface area contributed by atoms with Crippen LogP contribution < -0.4 is 5.32 Å². The van der Waals surface area contributed by atoms with Crippen LogP contribution in [-0.4, -0.2) is 46.1 Å². The Labute approximate surface area is 147 Å². The predicted octanol–water partition coefficient (Wildman–Crippen LogP) is 4.28. The molecule has 23 heavy (non-hydrogen) atoms. The third kappa shape index (κ3) is 4.92. The minimum absolute atomic E-state index is 0.412. The largest absolute Gasteiger partial charge is 0.344 e. The summed E-state index contributed by atoms with van der Waals surface area (Å²) in [7, 11) is 0. The summed E-state index contributed by atoms with van der Waals surface area (Å²) in [6, 6.07) is 9.99. The maximum Gasteiger partial charge on any atom is 0.173 e. The number of aryl methyl sites for hydroxylation is 1. The molecule has 0 spiro atoms. The van der Waals surface area contributed by atoms with Crippen molar-refractivity contribution < 1.29 is 0 Å². The van der Waals surface area contributed by atoms with Gasteiger partial charge in [-0.2, -0.15) is 0 Å². The minimum Gasteiger partial charge on any atom is -0.344 e. The average molecular weight is 334 g/mol. The highest BCUT2D eigenvalue weighted by Crippen LogP contribution is 2.22. The van der Waals surface area contributed by atoms with Crippen LogP contribution in [0.4, 0.5) is 5.69 Å². The van der Waals surface area contributed by atoms with Crippen LogP contribution in [0, 0.1) is 6.92 Å². The number of thiocarbonyl (C=S) groups is 1. The zero-order chi connectivity index (χ0) is 17.0. The molecular formula is C19H31N3S. The number of benzene rings is 1. The van der Waals surface area contributed by atoms with Crippen LogP contribution in [0.25, 0.3) is 0 Å². The highest BCUT2D eigenvalue weighted by Gasteiger charge is 2.28. The first-order chi connectivity index (χ1) is 10.9. The van der Waals surface area contributed by atoms with Gasteiger partial charge in [-0.05, 0) is 77.4 Å². The molecule has 1 aliphatic rings. The molecule has 0 radical (unpaired) electrons. The molecule has 0 unspecified atom stereocenters. The van der Waals surface area contributed by atoms with E-state index in [0.717, 1.165) is 10.8 Å². The van der Waals surface area contributed by atoms with E-state index in [1.807, 2.05) is 0 Å². The molecule has 1 fully saturated rings. The molecule has 2 rings (SSSR count). The molecule has 0 aromatic heterocycles. The Hall–Kier alpha value is -1.13. The van der Waals surface area contributed by atoms with E-state index in [0.29, 0.717) is 18.1 Å². The van der Waals surface area contributed by atoms with Crippen LogP contribution in [0.2, 0.25) is 0 Å². The number of likely N-dealkylation sites (tertiary alicyclic amines) is 1. The Balaban J connectivity index is 2.02. The summed E-state index contributed by atoms with van der Waals surface area (Å²) >= 11 is 5.74. The van der Waals surface area contributed by atoms with Gasteiger partial charge in [-0.15, -0.1) is 0 Å². The van der Waals surface area contributed by atoms with Crippen LogP contribution in [-0.2, 0) is 0 Å². The summed E-state index contributed by atoms with van der Waals surface area (Å²) in [6.07, 6.45) is 2.37. The first-order valence-electron chi connectivity index (χ1n) is 8.78. The van der Waals surface area contributed by atoms with E-state index < -0.39 is 0 Å². The topological polar surface area (TPSA) is 18.5 Å². The van der Waals surface area contributed by atoms with Crippen LogP contribution in [0.1, 0.15) is 46.1 Å². The van der Waals surface area contributed by atoms with Gasteiger partial charge in [0.25, 0.3) is 0 Å². The number of nitrogens with one attached hydrogen (secondary N) is 1. The molecule has 1 N–H and O–H groups in total. The van der Waals surface area contributed by atoms with Gasteiger partial charge < -0.3 is 15.1 Å². The van der Waals surface area contributed by atoms with E-state index in [4.69, 9.17) is 12.2 Å². The lowest BCUT2D eigenvalue weighted by Gasteiger charge is -2.43. The molecule has 3 nitrogen and oxygen atoms in total. The highest BCUT2D eigenvalue weighted by atomic mass is 32.1.